The zero-order valence-corrected chi connectivity index (χ0v) is 15.2. The second-order valence-electron chi connectivity index (χ2n) is 5.52. The zero-order chi connectivity index (χ0) is 18.1. The molecule has 1 aromatic carbocycles. The van der Waals surface area contributed by atoms with E-state index in [1.54, 1.807) is 7.11 Å². The second kappa shape index (κ2) is 9.85. The van der Waals surface area contributed by atoms with Crippen LogP contribution in [0.25, 0.3) is 0 Å². The number of hydrogen-bond acceptors (Lipinski definition) is 6. The number of amides is 2. The molecule has 2 rings (SSSR count). The van der Waals surface area contributed by atoms with E-state index in [4.69, 9.17) is 4.74 Å². The summed E-state index contributed by atoms with van der Waals surface area (Å²) in [6.45, 7) is 3.19. The Hall–Kier alpha value is -2.32. The number of hydrogen-bond donors (Lipinski definition) is 2. The third-order valence-electron chi connectivity index (χ3n) is 3.38. The molecule has 2 amide bonds. The van der Waals surface area contributed by atoms with Gasteiger partial charge in [-0.15, -0.1) is 10.2 Å². The molecule has 2 N–H and O–H groups in total. The van der Waals surface area contributed by atoms with Gasteiger partial charge in [-0.3, -0.25) is 9.59 Å². The third kappa shape index (κ3) is 6.60. The molecule has 134 valence electrons. The number of rotatable bonds is 9. The minimum absolute atomic E-state index is 0.0445. The highest BCUT2D eigenvalue weighted by molar-refractivity contribution is 7.13. The molecule has 7 nitrogen and oxygen atoms in total. The summed E-state index contributed by atoms with van der Waals surface area (Å²) >= 11 is 1.20. The number of anilines is 1. The van der Waals surface area contributed by atoms with E-state index < -0.39 is 0 Å². The summed E-state index contributed by atoms with van der Waals surface area (Å²) in [4.78, 5) is 23.9. The van der Waals surface area contributed by atoms with Crippen molar-refractivity contribution in [2.24, 2.45) is 0 Å². The Bertz CT molecular complexity index is 700. The number of carbonyl (C=O) groups excluding carboxylic acids is 2. The van der Waals surface area contributed by atoms with Gasteiger partial charge in [0.2, 0.25) is 10.9 Å². The summed E-state index contributed by atoms with van der Waals surface area (Å²) in [7, 11) is 1.63. The number of benzene rings is 1. The van der Waals surface area contributed by atoms with Crippen LogP contribution in [-0.2, 0) is 16.0 Å². The molecular weight excluding hydrogens is 340 g/mol. The molecule has 0 saturated carbocycles. The molecular formula is C17H22N4O3S. The fourth-order valence-electron chi connectivity index (χ4n) is 2.02. The monoisotopic (exact) mass is 362 g/mol. The van der Waals surface area contributed by atoms with Crippen LogP contribution in [0.5, 0.6) is 0 Å². The molecule has 2 aromatic rings. The summed E-state index contributed by atoms with van der Waals surface area (Å²) in [6.07, 6.45) is 1.57. The minimum Gasteiger partial charge on any atom is -0.385 e. The lowest BCUT2D eigenvalue weighted by molar-refractivity contribution is -0.121. The van der Waals surface area contributed by atoms with Crippen LogP contribution < -0.4 is 10.6 Å². The van der Waals surface area contributed by atoms with E-state index in [0.717, 1.165) is 12.0 Å². The van der Waals surface area contributed by atoms with Gasteiger partial charge >= 0.3 is 0 Å². The first-order valence-corrected chi connectivity index (χ1v) is 8.86. The van der Waals surface area contributed by atoms with Gasteiger partial charge in [-0.25, -0.2) is 0 Å². The lowest BCUT2D eigenvalue weighted by Gasteiger charge is -2.03. The number of carbonyl (C=O) groups is 2. The Morgan fingerprint density at radius 2 is 1.96 bits per heavy atom. The van der Waals surface area contributed by atoms with Crippen LogP contribution in [0, 0.1) is 6.92 Å². The molecule has 25 heavy (non-hydrogen) atoms. The fraction of sp³-hybridized carbons (Fsp3) is 0.412. The number of aryl methyl sites for hydroxylation is 2. The minimum atomic E-state index is -0.295. The van der Waals surface area contributed by atoms with Crippen molar-refractivity contribution < 1.29 is 14.3 Å². The Morgan fingerprint density at radius 1 is 1.20 bits per heavy atom. The highest BCUT2D eigenvalue weighted by atomic mass is 32.1. The lowest BCUT2D eigenvalue weighted by Crippen LogP contribution is -2.25. The molecule has 0 aliphatic rings. The summed E-state index contributed by atoms with van der Waals surface area (Å²) in [5.74, 6) is -0.339. The van der Waals surface area contributed by atoms with Crippen LogP contribution in [0.15, 0.2) is 24.3 Å². The first-order valence-electron chi connectivity index (χ1n) is 8.04. The van der Waals surface area contributed by atoms with Gasteiger partial charge in [0.05, 0.1) is 0 Å². The largest absolute Gasteiger partial charge is 0.385 e. The molecule has 8 heteroatoms. The third-order valence-corrected chi connectivity index (χ3v) is 4.37. The van der Waals surface area contributed by atoms with Gasteiger partial charge in [0.15, 0.2) is 0 Å². The molecule has 0 fully saturated rings. The number of aromatic nitrogens is 2. The van der Waals surface area contributed by atoms with Crippen LogP contribution in [0.4, 0.5) is 5.69 Å². The first-order chi connectivity index (χ1) is 12.1. The number of ether oxygens (including phenoxy) is 1. The van der Waals surface area contributed by atoms with E-state index in [1.807, 2.05) is 31.2 Å². The highest BCUT2D eigenvalue weighted by Crippen LogP contribution is 2.15. The lowest BCUT2D eigenvalue weighted by atomic mass is 10.2. The Balaban J connectivity index is 1.78. The maximum Gasteiger partial charge on any atom is 0.286 e. The second-order valence-corrected chi connectivity index (χ2v) is 6.58. The van der Waals surface area contributed by atoms with Gasteiger partial charge in [0.25, 0.3) is 5.91 Å². The Kier molecular flexibility index (Phi) is 7.49. The maximum absolute atomic E-state index is 12.2. The molecule has 0 radical (unpaired) electrons. The molecule has 1 heterocycles. The van der Waals surface area contributed by atoms with E-state index in [-0.39, 0.29) is 16.8 Å². The molecule has 0 bridgehead atoms. The SMILES string of the molecule is COCCCNC(=O)CCc1nnc(C(=O)Nc2ccc(C)cc2)s1. The zero-order valence-electron chi connectivity index (χ0n) is 14.4. The maximum atomic E-state index is 12.2. The van der Waals surface area contributed by atoms with E-state index in [2.05, 4.69) is 20.8 Å². The molecule has 0 aliphatic carbocycles. The average Bonchev–Trinajstić information content (AvgIpc) is 3.08. The van der Waals surface area contributed by atoms with Gasteiger partial charge in [0, 0.05) is 38.8 Å². The van der Waals surface area contributed by atoms with Crippen LogP contribution in [-0.4, -0.2) is 42.3 Å². The average molecular weight is 362 g/mol. The Morgan fingerprint density at radius 3 is 2.68 bits per heavy atom. The van der Waals surface area contributed by atoms with Crippen LogP contribution in [0.3, 0.4) is 0 Å². The van der Waals surface area contributed by atoms with Crippen LogP contribution >= 0.6 is 11.3 Å². The molecule has 0 aliphatic heterocycles. The fourth-order valence-corrected chi connectivity index (χ4v) is 2.76. The topological polar surface area (TPSA) is 93.2 Å². The number of nitrogens with one attached hydrogen (secondary N) is 2. The van der Waals surface area contributed by atoms with Crippen molar-refractivity contribution in [2.45, 2.75) is 26.2 Å². The van der Waals surface area contributed by atoms with Gasteiger partial charge in [-0.05, 0) is 25.5 Å². The highest BCUT2D eigenvalue weighted by Gasteiger charge is 2.14. The van der Waals surface area contributed by atoms with E-state index >= 15 is 0 Å². The predicted octanol–water partition coefficient (Wildman–Crippen LogP) is 2.18. The van der Waals surface area contributed by atoms with E-state index in [1.165, 1.54) is 11.3 Å². The van der Waals surface area contributed by atoms with Crippen molar-refractivity contribution in [3.8, 4) is 0 Å². The molecule has 0 saturated heterocycles. The standard InChI is InChI=1S/C17H22N4O3S/c1-12-4-6-13(7-5-12)19-16(23)17-21-20-15(25-17)9-8-14(22)18-10-3-11-24-2/h4-7H,3,8-11H2,1-2H3,(H,18,22)(H,19,23). The van der Waals surface area contributed by atoms with Crippen LogP contribution in [0.1, 0.15) is 33.2 Å². The van der Waals surface area contributed by atoms with Crippen molar-refractivity contribution in [3.05, 3.63) is 39.8 Å². The van der Waals surface area contributed by atoms with Gasteiger partial charge < -0.3 is 15.4 Å². The predicted molar refractivity (Wildman–Crippen MR) is 96.9 cm³/mol. The normalized spacial score (nSPS) is 10.5. The van der Waals surface area contributed by atoms with Crippen molar-refractivity contribution in [2.75, 3.05) is 25.6 Å². The summed E-state index contributed by atoms with van der Waals surface area (Å²) in [5.41, 5.74) is 1.83. The van der Waals surface area contributed by atoms with Crippen molar-refractivity contribution in [1.82, 2.24) is 15.5 Å². The van der Waals surface area contributed by atoms with Gasteiger partial charge in [0.1, 0.15) is 5.01 Å². The van der Waals surface area contributed by atoms with Crippen molar-refractivity contribution in [3.63, 3.8) is 0 Å². The molecule has 0 atom stereocenters. The molecule has 0 unspecified atom stereocenters. The summed E-state index contributed by atoms with van der Waals surface area (Å²) in [6, 6.07) is 7.52. The van der Waals surface area contributed by atoms with Crippen molar-refractivity contribution in [1.29, 1.82) is 0 Å². The molecule has 1 aromatic heterocycles. The smallest absolute Gasteiger partial charge is 0.286 e. The first kappa shape index (κ1) is 19.0. The summed E-state index contributed by atoms with van der Waals surface area (Å²) < 4.78 is 4.92. The van der Waals surface area contributed by atoms with Crippen LogP contribution in [0.2, 0.25) is 0 Å². The Labute approximate surface area is 150 Å². The van der Waals surface area contributed by atoms with E-state index in [0.29, 0.717) is 36.7 Å². The van der Waals surface area contributed by atoms with Crippen molar-refractivity contribution >= 4 is 28.8 Å². The van der Waals surface area contributed by atoms with E-state index in [9.17, 15) is 9.59 Å². The number of nitrogens with zero attached hydrogens (tertiary/aromatic N) is 2. The van der Waals surface area contributed by atoms with Gasteiger partial charge in [-0.1, -0.05) is 29.0 Å². The van der Waals surface area contributed by atoms with Gasteiger partial charge in [-0.2, -0.15) is 0 Å². The quantitative estimate of drug-likeness (QED) is 0.667. The number of methoxy groups -OCH3 is 1. The summed E-state index contributed by atoms with van der Waals surface area (Å²) in [5, 5.41) is 14.4. The molecule has 0 spiro atoms.